The van der Waals surface area contributed by atoms with Gasteiger partial charge in [0.1, 0.15) is 17.8 Å². The van der Waals surface area contributed by atoms with E-state index in [0.717, 1.165) is 18.4 Å². The normalized spacial score (nSPS) is 20.2. The zero-order valence-corrected chi connectivity index (χ0v) is 20.3. The summed E-state index contributed by atoms with van der Waals surface area (Å²) in [7, 11) is -3.96. The van der Waals surface area contributed by atoms with Crippen molar-refractivity contribution in [1.29, 1.82) is 0 Å². The largest absolute Gasteiger partial charge is 0.367 e. The summed E-state index contributed by atoms with van der Waals surface area (Å²) >= 11 is 5.99. The smallest absolute Gasteiger partial charge is 0.333 e. The highest BCUT2D eigenvalue weighted by Gasteiger charge is 2.28. The molecule has 2 atom stereocenters. The first-order valence-corrected chi connectivity index (χ1v) is 12.8. The third-order valence-electron chi connectivity index (χ3n) is 5.66. The molecule has 2 heterocycles. The Balaban J connectivity index is 1.41. The maximum Gasteiger partial charge on any atom is 0.333 e. The number of ketones is 1. The lowest BCUT2D eigenvalue weighted by atomic mass is 10.1. The number of nitrogens with zero attached hydrogens (tertiary/aromatic N) is 4. The van der Waals surface area contributed by atoms with Crippen molar-refractivity contribution >= 4 is 33.5 Å². The average molecular weight is 517 g/mol. The minimum absolute atomic E-state index is 0.0109. The van der Waals surface area contributed by atoms with Gasteiger partial charge < -0.3 is 5.32 Å². The van der Waals surface area contributed by atoms with Gasteiger partial charge in [0.2, 0.25) is 5.78 Å². The number of hydrogen-bond acceptors (Lipinski definition) is 8. The molecule has 1 saturated carbocycles. The van der Waals surface area contributed by atoms with E-state index in [1.54, 1.807) is 29.1 Å². The number of hydrogen-bond donors (Lipinski definition) is 2. The van der Waals surface area contributed by atoms with Crippen molar-refractivity contribution in [2.24, 2.45) is 11.1 Å². The first kappa shape index (κ1) is 25.0. The zero-order chi connectivity index (χ0) is 24.8. The SMILES string of the molecule is NS(=O)(=O)OCC1CCC(Nc2ncncc2C(=O)c2ccn(CC3=CC=CC(Cl)=CC=C3)n2)C1. The number of halogens is 1. The van der Waals surface area contributed by atoms with Gasteiger partial charge in [-0.2, -0.15) is 13.5 Å². The standard InChI is InChI=1S/C23H25ClN6O4S/c24-18-5-1-3-16(4-2-6-18)13-30-10-9-21(29-30)22(31)20-12-26-15-27-23(20)28-19-8-7-17(11-19)14-34-35(25,32)33/h1-6,9-10,12,15,17,19H,7-8,11,13-14H2,(H2,25,32,33)(H,26,27,28). The van der Waals surface area contributed by atoms with Crippen LogP contribution in [0.1, 0.15) is 35.3 Å². The van der Waals surface area contributed by atoms with Crippen LogP contribution in [0.3, 0.4) is 0 Å². The van der Waals surface area contributed by atoms with Crippen LogP contribution in [0.2, 0.25) is 0 Å². The van der Waals surface area contributed by atoms with Gasteiger partial charge in [0, 0.05) is 23.5 Å². The first-order valence-electron chi connectivity index (χ1n) is 11.0. The lowest BCUT2D eigenvalue weighted by molar-refractivity contribution is 0.103. The molecule has 0 spiro atoms. The van der Waals surface area contributed by atoms with Crippen LogP contribution in [0.25, 0.3) is 0 Å². The summed E-state index contributed by atoms with van der Waals surface area (Å²) in [5.74, 6) is 0.160. The minimum Gasteiger partial charge on any atom is -0.367 e. The molecule has 0 aromatic carbocycles. The van der Waals surface area contributed by atoms with Crippen molar-refractivity contribution in [2.75, 3.05) is 11.9 Å². The van der Waals surface area contributed by atoms with Crippen LogP contribution in [-0.4, -0.2) is 46.6 Å². The number of aromatic nitrogens is 4. The molecule has 1 fully saturated rings. The quantitative estimate of drug-likeness (QED) is 0.484. The lowest BCUT2D eigenvalue weighted by Gasteiger charge is -2.15. The van der Waals surface area contributed by atoms with Crippen LogP contribution >= 0.6 is 11.6 Å². The molecule has 12 heteroatoms. The number of nitrogens with two attached hydrogens (primary N) is 1. The van der Waals surface area contributed by atoms with Gasteiger partial charge >= 0.3 is 10.3 Å². The first-order chi connectivity index (χ1) is 16.8. The Hall–Kier alpha value is -3.12. The second-order valence-corrected chi connectivity index (χ2v) is 9.98. The van der Waals surface area contributed by atoms with Gasteiger partial charge in [-0.3, -0.25) is 13.7 Å². The molecule has 0 radical (unpaired) electrons. The summed E-state index contributed by atoms with van der Waals surface area (Å²) in [6.07, 6.45) is 18.0. The molecular formula is C23H25ClN6O4S. The lowest BCUT2D eigenvalue weighted by Crippen LogP contribution is -2.22. The number of anilines is 1. The van der Waals surface area contributed by atoms with Gasteiger partial charge in [0.25, 0.3) is 0 Å². The highest BCUT2D eigenvalue weighted by Crippen LogP contribution is 2.29. The predicted octanol–water partition coefficient (Wildman–Crippen LogP) is 2.88. The molecular weight excluding hydrogens is 492 g/mol. The molecule has 2 aromatic heterocycles. The third-order valence-corrected chi connectivity index (χ3v) is 6.37. The van der Waals surface area contributed by atoms with Crippen molar-refractivity contribution in [2.45, 2.75) is 31.8 Å². The Morgan fingerprint density at radius 2 is 2.09 bits per heavy atom. The van der Waals surface area contributed by atoms with Crippen molar-refractivity contribution in [3.8, 4) is 0 Å². The van der Waals surface area contributed by atoms with E-state index in [4.69, 9.17) is 20.9 Å². The number of rotatable bonds is 9. The fourth-order valence-corrected chi connectivity index (χ4v) is 4.52. The Kier molecular flexibility index (Phi) is 7.91. The van der Waals surface area contributed by atoms with E-state index in [9.17, 15) is 13.2 Å². The molecule has 2 aliphatic carbocycles. The monoisotopic (exact) mass is 516 g/mol. The van der Waals surface area contributed by atoms with E-state index >= 15 is 0 Å². The van der Waals surface area contributed by atoms with E-state index in [-0.39, 0.29) is 30.0 Å². The Labute approximate surface area is 208 Å². The summed E-state index contributed by atoms with van der Waals surface area (Å²) in [6.45, 7) is 0.523. The van der Waals surface area contributed by atoms with Gasteiger partial charge in [0.05, 0.1) is 18.7 Å². The molecule has 2 aromatic rings. The number of nitrogens with one attached hydrogen (secondary N) is 1. The molecule has 2 aliphatic rings. The minimum atomic E-state index is -3.96. The van der Waals surface area contributed by atoms with Crippen LogP contribution < -0.4 is 10.5 Å². The Morgan fingerprint density at radius 3 is 2.91 bits per heavy atom. The van der Waals surface area contributed by atoms with Crippen molar-refractivity contribution in [1.82, 2.24) is 19.7 Å². The fourth-order valence-electron chi connectivity index (χ4n) is 3.99. The van der Waals surface area contributed by atoms with Crippen molar-refractivity contribution in [3.05, 3.63) is 83.1 Å². The third kappa shape index (κ3) is 7.18. The van der Waals surface area contributed by atoms with E-state index in [0.29, 0.717) is 29.4 Å². The summed E-state index contributed by atoms with van der Waals surface area (Å²) in [6, 6.07) is 1.67. The molecule has 10 nitrogen and oxygen atoms in total. The van der Waals surface area contributed by atoms with Crippen LogP contribution in [0.5, 0.6) is 0 Å². The van der Waals surface area contributed by atoms with Crippen LogP contribution in [0, 0.1) is 5.92 Å². The molecule has 0 amide bonds. The molecule has 35 heavy (non-hydrogen) atoms. The molecule has 0 aliphatic heterocycles. The number of allylic oxidation sites excluding steroid dienone is 8. The number of carbonyl (C=O) groups is 1. The average Bonchev–Trinajstić information content (AvgIpc) is 3.45. The van der Waals surface area contributed by atoms with Crippen molar-refractivity contribution < 1.29 is 17.4 Å². The highest BCUT2D eigenvalue weighted by molar-refractivity contribution is 7.84. The summed E-state index contributed by atoms with van der Waals surface area (Å²) in [5, 5.41) is 13.3. The second kappa shape index (κ2) is 11.1. The summed E-state index contributed by atoms with van der Waals surface area (Å²) in [5.41, 5.74) is 1.59. The Morgan fingerprint density at radius 1 is 1.26 bits per heavy atom. The molecule has 0 saturated heterocycles. The predicted molar refractivity (Wildman–Crippen MR) is 132 cm³/mol. The zero-order valence-electron chi connectivity index (χ0n) is 18.7. The maximum atomic E-state index is 13.2. The van der Waals surface area contributed by atoms with E-state index in [1.165, 1.54) is 12.5 Å². The fraction of sp³-hybridized carbons (Fsp3) is 0.304. The molecule has 2 unspecified atom stereocenters. The van der Waals surface area contributed by atoms with Crippen LogP contribution in [0.15, 0.2) is 71.8 Å². The highest BCUT2D eigenvalue weighted by atomic mass is 35.5. The van der Waals surface area contributed by atoms with E-state index in [1.807, 2.05) is 24.3 Å². The van der Waals surface area contributed by atoms with Gasteiger partial charge in [-0.25, -0.2) is 15.1 Å². The van der Waals surface area contributed by atoms with Crippen LogP contribution in [-0.2, 0) is 21.0 Å². The summed E-state index contributed by atoms with van der Waals surface area (Å²) < 4.78 is 28.5. The molecule has 3 N–H and O–H groups in total. The molecule has 0 bridgehead atoms. The second-order valence-electron chi connectivity index (χ2n) is 8.32. The number of carbonyl (C=O) groups excluding carboxylic acids is 1. The topological polar surface area (TPSA) is 142 Å². The van der Waals surface area contributed by atoms with E-state index in [2.05, 4.69) is 20.4 Å². The Bertz CT molecular complexity index is 1310. The van der Waals surface area contributed by atoms with Gasteiger partial charge in [0.15, 0.2) is 0 Å². The van der Waals surface area contributed by atoms with Gasteiger partial charge in [-0.05, 0) is 49.0 Å². The van der Waals surface area contributed by atoms with Crippen molar-refractivity contribution in [3.63, 3.8) is 0 Å². The van der Waals surface area contributed by atoms with Crippen LogP contribution in [0.4, 0.5) is 5.82 Å². The molecule has 4 rings (SSSR count). The van der Waals surface area contributed by atoms with Gasteiger partial charge in [-0.15, -0.1) is 0 Å². The maximum absolute atomic E-state index is 13.2. The van der Waals surface area contributed by atoms with Gasteiger partial charge in [-0.1, -0.05) is 35.9 Å². The summed E-state index contributed by atoms with van der Waals surface area (Å²) in [4.78, 5) is 21.5. The molecule has 184 valence electrons. The van der Waals surface area contributed by atoms with E-state index < -0.39 is 10.3 Å².